The van der Waals surface area contributed by atoms with Gasteiger partial charge in [-0.15, -0.1) is 11.3 Å². The molecule has 0 radical (unpaired) electrons. The first-order valence-electron chi connectivity index (χ1n) is 8.28. The van der Waals surface area contributed by atoms with E-state index in [4.69, 9.17) is 0 Å². The highest BCUT2D eigenvalue weighted by Gasteiger charge is 2.17. The molecule has 0 atom stereocenters. The van der Waals surface area contributed by atoms with Crippen molar-refractivity contribution in [3.63, 3.8) is 0 Å². The van der Waals surface area contributed by atoms with E-state index in [9.17, 15) is 9.59 Å². The topological polar surface area (TPSA) is 52.0 Å². The van der Waals surface area contributed by atoms with Crippen molar-refractivity contribution in [2.45, 2.75) is 48.1 Å². The Bertz CT molecular complexity index is 1070. The summed E-state index contributed by atoms with van der Waals surface area (Å²) in [7, 11) is 0. The van der Waals surface area contributed by atoms with Gasteiger partial charge in [0.1, 0.15) is 4.83 Å². The number of carbonyl (C=O) groups is 1. The van der Waals surface area contributed by atoms with Crippen molar-refractivity contribution in [3.05, 3.63) is 61.0 Å². The van der Waals surface area contributed by atoms with Gasteiger partial charge in [0.15, 0.2) is 5.78 Å². The molecule has 2 aromatic heterocycles. The number of hydrogen-bond acceptors (Lipinski definition) is 4. The SMILES string of the molecule is Cc1cc(C(=O)Cn2cnc3sc(C)c(C)c3c2=O)c(C)c(C)c1C. The van der Waals surface area contributed by atoms with Crippen molar-refractivity contribution < 1.29 is 4.79 Å². The van der Waals surface area contributed by atoms with E-state index in [0.29, 0.717) is 10.9 Å². The average molecular weight is 354 g/mol. The Morgan fingerprint density at radius 3 is 2.40 bits per heavy atom. The zero-order valence-corrected chi connectivity index (χ0v) is 16.3. The fraction of sp³-hybridized carbons (Fsp3) is 0.350. The fourth-order valence-electron chi connectivity index (χ4n) is 3.12. The minimum Gasteiger partial charge on any atom is -0.292 e. The van der Waals surface area contributed by atoms with Crippen LogP contribution >= 0.6 is 11.3 Å². The predicted molar refractivity (Wildman–Crippen MR) is 103 cm³/mol. The van der Waals surface area contributed by atoms with E-state index in [1.807, 2.05) is 40.7 Å². The summed E-state index contributed by atoms with van der Waals surface area (Å²) in [6, 6.07) is 1.93. The highest BCUT2D eigenvalue weighted by molar-refractivity contribution is 7.18. The number of benzene rings is 1. The number of Topliss-reactive ketones (excluding diaryl/α,β-unsaturated/α-hetero) is 1. The molecule has 1 aromatic carbocycles. The molecule has 2 heterocycles. The Morgan fingerprint density at radius 1 is 1.04 bits per heavy atom. The van der Waals surface area contributed by atoms with Crippen LogP contribution in [0.15, 0.2) is 17.2 Å². The third kappa shape index (κ3) is 2.82. The summed E-state index contributed by atoms with van der Waals surface area (Å²) in [4.78, 5) is 31.8. The van der Waals surface area contributed by atoms with Gasteiger partial charge in [0.2, 0.25) is 0 Å². The van der Waals surface area contributed by atoms with Gasteiger partial charge in [-0.3, -0.25) is 14.2 Å². The first kappa shape index (κ1) is 17.5. The molecule has 25 heavy (non-hydrogen) atoms. The predicted octanol–water partition coefficient (Wildman–Crippen LogP) is 4.19. The summed E-state index contributed by atoms with van der Waals surface area (Å²) < 4.78 is 1.42. The van der Waals surface area contributed by atoms with Gasteiger partial charge in [0.25, 0.3) is 5.56 Å². The summed E-state index contributed by atoms with van der Waals surface area (Å²) in [5, 5.41) is 0.630. The van der Waals surface area contributed by atoms with Crippen molar-refractivity contribution in [2.24, 2.45) is 0 Å². The Hall–Kier alpha value is -2.27. The van der Waals surface area contributed by atoms with Crippen LogP contribution in [0.3, 0.4) is 0 Å². The van der Waals surface area contributed by atoms with Crippen molar-refractivity contribution in [1.82, 2.24) is 9.55 Å². The second-order valence-corrected chi connectivity index (χ2v) is 7.88. The zero-order chi connectivity index (χ0) is 18.5. The molecule has 0 fully saturated rings. The van der Waals surface area contributed by atoms with Crippen molar-refractivity contribution in [3.8, 4) is 0 Å². The van der Waals surface area contributed by atoms with Crippen molar-refractivity contribution >= 4 is 27.3 Å². The van der Waals surface area contributed by atoms with Crippen LogP contribution in [-0.4, -0.2) is 15.3 Å². The maximum absolute atomic E-state index is 12.8. The Kier molecular flexibility index (Phi) is 4.37. The van der Waals surface area contributed by atoms with Crippen LogP contribution in [0.1, 0.15) is 43.1 Å². The molecule has 0 spiro atoms. The maximum Gasteiger partial charge on any atom is 0.262 e. The molecule has 3 aromatic rings. The fourth-order valence-corrected chi connectivity index (χ4v) is 4.11. The molecule has 0 unspecified atom stereocenters. The Balaban J connectivity index is 2.05. The maximum atomic E-state index is 12.8. The van der Waals surface area contributed by atoms with E-state index >= 15 is 0 Å². The molecule has 0 aliphatic rings. The Labute approximate surface area is 151 Å². The number of rotatable bonds is 3. The molecule has 4 nitrogen and oxygen atoms in total. The van der Waals surface area contributed by atoms with E-state index < -0.39 is 0 Å². The number of aromatic nitrogens is 2. The number of nitrogens with zero attached hydrogens (tertiary/aromatic N) is 2. The molecule has 0 saturated carbocycles. The van der Waals surface area contributed by atoms with E-state index in [1.165, 1.54) is 27.8 Å². The lowest BCUT2D eigenvalue weighted by atomic mass is 9.92. The number of thiophene rings is 1. The third-order valence-electron chi connectivity index (χ3n) is 5.25. The molecule has 0 saturated heterocycles. The quantitative estimate of drug-likeness (QED) is 0.663. The second kappa shape index (κ2) is 6.23. The lowest BCUT2D eigenvalue weighted by molar-refractivity contribution is 0.0970. The number of fused-ring (bicyclic) bond motifs is 1. The van der Waals surface area contributed by atoms with Crippen molar-refractivity contribution in [2.75, 3.05) is 0 Å². The lowest BCUT2D eigenvalue weighted by Gasteiger charge is -2.14. The van der Waals surface area contributed by atoms with Gasteiger partial charge in [-0.05, 0) is 75.4 Å². The normalized spacial score (nSPS) is 11.3. The van der Waals surface area contributed by atoms with Gasteiger partial charge in [0.05, 0.1) is 18.3 Å². The van der Waals surface area contributed by atoms with Crippen molar-refractivity contribution in [1.29, 1.82) is 0 Å². The molecule has 0 bridgehead atoms. The largest absolute Gasteiger partial charge is 0.292 e. The van der Waals surface area contributed by atoms with Gasteiger partial charge in [-0.2, -0.15) is 0 Å². The smallest absolute Gasteiger partial charge is 0.262 e. The molecule has 3 rings (SSSR count). The van der Waals surface area contributed by atoms with E-state index in [2.05, 4.69) is 11.9 Å². The zero-order valence-electron chi connectivity index (χ0n) is 15.5. The van der Waals surface area contributed by atoms with E-state index in [1.54, 1.807) is 0 Å². The number of hydrogen-bond donors (Lipinski definition) is 0. The van der Waals surface area contributed by atoms with Gasteiger partial charge >= 0.3 is 0 Å². The first-order chi connectivity index (χ1) is 11.7. The van der Waals surface area contributed by atoms with Gasteiger partial charge in [0, 0.05) is 10.4 Å². The minimum absolute atomic E-state index is 0.0128. The number of aryl methyl sites for hydroxylation is 3. The molecular weight excluding hydrogens is 332 g/mol. The van der Waals surface area contributed by atoms with Crippen LogP contribution in [0.4, 0.5) is 0 Å². The monoisotopic (exact) mass is 354 g/mol. The highest BCUT2D eigenvalue weighted by Crippen LogP contribution is 2.26. The Morgan fingerprint density at radius 2 is 1.72 bits per heavy atom. The van der Waals surface area contributed by atoms with E-state index in [0.717, 1.165) is 32.0 Å². The van der Waals surface area contributed by atoms with Crippen LogP contribution < -0.4 is 5.56 Å². The van der Waals surface area contributed by atoms with Gasteiger partial charge in [-0.1, -0.05) is 0 Å². The van der Waals surface area contributed by atoms with Gasteiger partial charge in [-0.25, -0.2) is 4.98 Å². The van der Waals surface area contributed by atoms with Crippen LogP contribution in [-0.2, 0) is 6.54 Å². The first-order valence-corrected chi connectivity index (χ1v) is 9.09. The third-order valence-corrected chi connectivity index (χ3v) is 6.37. The van der Waals surface area contributed by atoms with E-state index in [-0.39, 0.29) is 17.9 Å². The lowest BCUT2D eigenvalue weighted by Crippen LogP contribution is -2.25. The van der Waals surface area contributed by atoms with Crippen LogP contribution in [0.5, 0.6) is 0 Å². The summed E-state index contributed by atoms with van der Waals surface area (Å²) in [6.45, 7) is 12.0. The summed E-state index contributed by atoms with van der Waals surface area (Å²) >= 11 is 1.52. The molecular formula is C20H22N2O2S. The molecule has 5 heteroatoms. The average Bonchev–Trinajstić information content (AvgIpc) is 2.86. The molecule has 0 N–H and O–H groups in total. The van der Waals surface area contributed by atoms with Crippen LogP contribution in [0.2, 0.25) is 0 Å². The number of carbonyl (C=O) groups excluding carboxylic acids is 1. The number of ketones is 1. The summed E-state index contributed by atoms with van der Waals surface area (Å²) in [6.07, 6.45) is 1.49. The molecule has 0 aliphatic carbocycles. The standard InChI is InChI=1S/C20H22N2O2S/c1-10-7-16(13(4)12(3)11(10)2)17(23)8-22-9-21-19-18(20(22)24)14(5)15(6)25-19/h7,9H,8H2,1-6H3. The van der Waals surface area contributed by atoms with Gasteiger partial charge < -0.3 is 0 Å². The van der Waals surface area contributed by atoms with Crippen LogP contribution in [0, 0.1) is 41.5 Å². The highest BCUT2D eigenvalue weighted by atomic mass is 32.1. The molecule has 0 amide bonds. The summed E-state index contributed by atoms with van der Waals surface area (Å²) in [5.41, 5.74) is 5.92. The second-order valence-electron chi connectivity index (χ2n) is 6.68. The molecule has 130 valence electrons. The summed E-state index contributed by atoms with van der Waals surface area (Å²) in [5.74, 6) is -0.0587. The van der Waals surface area contributed by atoms with Crippen LogP contribution in [0.25, 0.3) is 10.2 Å². The molecule has 0 aliphatic heterocycles. The minimum atomic E-state index is -0.140.